The number of hydrogen-bond donors (Lipinski definition) is 1. The molecule has 0 fully saturated rings. The molecule has 1 unspecified atom stereocenters. The van der Waals surface area contributed by atoms with Crippen LogP contribution in [0.25, 0.3) is 0 Å². The van der Waals surface area contributed by atoms with E-state index in [9.17, 15) is 5.11 Å². The van der Waals surface area contributed by atoms with Crippen molar-refractivity contribution in [3.05, 3.63) is 63.1 Å². The zero-order valence-corrected chi connectivity index (χ0v) is 12.3. The maximum atomic E-state index is 10.5. The Balaban J connectivity index is 1.95. The number of hydrogen-bond acceptors (Lipinski definition) is 2. The molecule has 2 nitrogen and oxygen atoms in total. The van der Waals surface area contributed by atoms with Gasteiger partial charge in [0.15, 0.2) is 0 Å². The van der Waals surface area contributed by atoms with Crippen molar-refractivity contribution in [1.29, 1.82) is 0 Å². The van der Waals surface area contributed by atoms with Crippen molar-refractivity contribution in [3.63, 3.8) is 0 Å². The van der Waals surface area contributed by atoms with E-state index in [0.717, 1.165) is 36.3 Å². The maximum absolute atomic E-state index is 10.5. The molecule has 0 saturated carbocycles. The number of aliphatic hydroxyl groups is 1. The number of aryl methyl sites for hydroxylation is 1. The molecule has 104 valence electrons. The van der Waals surface area contributed by atoms with E-state index in [1.54, 1.807) is 18.2 Å². The first-order valence-electron chi connectivity index (χ1n) is 6.54. The molecule has 0 bridgehead atoms. The molecule has 20 heavy (non-hydrogen) atoms. The quantitative estimate of drug-likeness (QED) is 0.891. The lowest BCUT2D eigenvalue weighted by Gasteiger charge is -2.20. The largest absolute Gasteiger partial charge is 0.493 e. The minimum atomic E-state index is -0.757. The molecule has 2 aromatic rings. The summed E-state index contributed by atoms with van der Waals surface area (Å²) in [6, 6.07) is 10.9. The normalized spacial score (nSPS) is 15.3. The van der Waals surface area contributed by atoms with Crippen LogP contribution in [0.3, 0.4) is 0 Å². The summed E-state index contributed by atoms with van der Waals surface area (Å²) in [6.45, 7) is 0.762. The van der Waals surface area contributed by atoms with Crippen LogP contribution in [0.5, 0.6) is 5.75 Å². The van der Waals surface area contributed by atoms with Gasteiger partial charge in [-0.05, 0) is 48.2 Å². The van der Waals surface area contributed by atoms with E-state index in [-0.39, 0.29) is 0 Å². The van der Waals surface area contributed by atoms with Gasteiger partial charge in [0.25, 0.3) is 0 Å². The van der Waals surface area contributed by atoms with Gasteiger partial charge in [0.05, 0.1) is 6.61 Å². The van der Waals surface area contributed by atoms with E-state index >= 15 is 0 Å². The fourth-order valence-corrected chi connectivity index (χ4v) is 2.97. The Kier molecular flexibility index (Phi) is 3.88. The monoisotopic (exact) mass is 308 g/mol. The molecular formula is C16H14Cl2O2. The first kappa shape index (κ1) is 13.7. The van der Waals surface area contributed by atoms with Crippen LogP contribution in [0, 0.1) is 0 Å². The minimum absolute atomic E-state index is 0.471. The maximum Gasteiger partial charge on any atom is 0.122 e. The van der Waals surface area contributed by atoms with Crippen molar-refractivity contribution in [2.45, 2.75) is 18.9 Å². The van der Waals surface area contributed by atoms with Gasteiger partial charge in [0.2, 0.25) is 0 Å². The van der Waals surface area contributed by atoms with Gasteiger partial charge in [-0.1, -0.05) is 35.3 Å². The zero-order chi connectivity index (χ0) is 14.1. The molecule has 0 amide bonds. The van der Waals surface area contributed by atoms with Gasteiger partial charge < -0.3 is 9.84 Å². The Bertz CT molecular complexity index is 640. The van der Waals surface area contributed by atoms with Gasteiger partial charge in [0, 0.05) is 15.6 Å². The van der Waals surface area contributed by atoms with Gasteiger partial charge in [-0.15, -0.1) is 0 Å². The topological polar surface area (TPSA) is 29.5 Å². The predicted octanol–water partition coefficient (Wildman–Crippen LogP) is 4.40. The van der Waals surface area contributed by atoms with E-state index in [1.807, 2.05) is 18.2 Å². The lowest BCUT2D eigenvalue weighted by atomic mass is 9.97. The molecular weight excluding hydrogens is 295 g/mol. The molecule has 1 heterocycles. The van der Waals surface area contributed by atoms with Gasteiger partial charge in [-0.3, -0.25) is 0 Å². The standard InChI is InChI=1S/C16H14Cl2O2/c17-12-4-5-13(14(18)9-12)16(19)11-3-6-15-10(8-11)2-1-7-20-15/h3-6,8-9,16,19H,1-2,7H2. The van der Waals surface area contributed by atoms with Crippen LogP contribution in [0.2, 0.25) is 10.0 Å². The molecule has 0 spiro atoms. The summed E-state index contributed by atoms with van der Waals surface area (Å²) in [5, 5.41) is 11.5. The Morgan fingerprint density at radius 1 is 1.10 bits per heavy atom. The van der Waals surface area contributed by atoms with Crippen LogP contribution < -0.4 is 4.74 Å². The van der Waals surface area contributed by atoms with Crippen molar-refractivity contribution in [2.24, 2.45) is 0 Å². The first-order chi connectivity index (χ1) is 9.65. The van der Waals surface area contributed by atoms with E-state index in [2.05, 4.69) is 0 Å². The molecule has 2 aromatic carbocycles. The highest BCUT2D eigenvalue weighted by atomic mass is 35.5. The second-order valence-corrected chi connectivity index (χ2v) is 5.73. The molecule has 1 aliphatic heterocycles. The van der Waals surface area contributed by atoms with Crippen LogP contribution in [-0.4, -0.2) is 11.7 Å². The highest BCUT2D eigenvalue weighted by Crippen LogP contribution is 2.33. The van der Waals surface area contributed by atoms with Crippen molar-refractivity contribution < 1.29 is 9.84 Å². The number of halogens is 2. The summed E-state index contributed by atoms with van der Waals surface area (Å²) in [4.78, 5) is 0. The van der Waals surface area contributed by atoms with Crippen LogP contribution in [0.1, 0.15) is 29.2 Å². The Hall–Kier alpha value is -1.22. The first-order valence-corrected chi connectivity index (χ1v) is 7.29. The lowest BCUT2D eigenvalue weighted by Crippen LogP contribution is -2.09. The smallest absolute Gasteiger partial charge is 0.122 e. The third kappa shape index (κ3) is 2.64. The second-order valence-electron chi connectivity index (χ2n) is 4.89. The van der Waals surface area contributed by atoms with E-state index in [0.29, 0.717) is 15.6 Å². The number of rotatable bonds is 2. The summed E-state index contributed by atoms with van der Waals surface area (Å²) >= 11 is 12.0. The fourth-order valence-electron chi connectivity index (χ4n) is 2.45. The van der Waals surface area contributed by atoms with Crippen molar-refractivity contribution in [2.75, 3.05) is 6.61 Å². The van der Waals surface area contributed by atoms with Gasteiger partial charge >= 0.3 is 0 Å². The molecule has 4 heteroatoms. The number of benzene rings is 2. The Labute approximate surface area is 127 Å². The number of aliphatic hydroxyl groups excluding tert-OH is 1. The molecule has 3 rings (SSSR count). The molecule has 0 radical (unpaired) electrons. The third-order valence-corrected chi connectivity index (χ3v) is 4.07. The number of ether oxygens (including phenoxy) is 1. The Morgan fingerprint density at radius 3 is 2.75 bits per heavy atom. The highest BCUT2D eigenvalue weighted by Gasteiger charge is 2.17. The van der Waals surface area contributed by atoms with Crippen LogP contribution in [0.4, 0.5) is 0 Å². The third-order valence-electron chi connectivity index (χ3n) is 3.51. The SMILES string of the molecule is OC(c1ccc2c(c1)CCCO2)c1ccc(Cl)cc1Cl. The van der Waals surface area contributed by atoms with Gasteiger partial charge in [-0.2, -0.15) is 0 Å². The Morgan fingerprint density at radius 2 is 1.95 bits per heavy atom. The summed E-state index contributed by atoms with van der Waals surface area (Å²) in [6.07, 6.45) is 1.23. The van der Waals surface area contributed by atoms with Crippen molar-refractivity contribution in [1.82, 2.24) is 0 Å². The highest BCUT2D eigenvalue weighted by molar-refractivity contribution is 6.35. The summed E-state index contributed by atoms with van der Waals surface area (Å²) in [5.74, 6) is 0.911. The van der Waals surface area contributed by atoms with Gasteiger partial charge in [-0.25, -0.2) is 0 Å². The predicted molar refractivity (Wildman–Crippen MR) is 80.8 cm³/mol. The van der Waals surface area contributed by atoms with Crippen LogP contribution >= 0.6 is 23.2 Å². The van der Waals surface area contributed by atoms with E-state index < -0.39 is 6.10 Å². The fraction of sp³-hybridized carbons (Fsp3) is 0.250. The van der Waals surface area contributed by atoms with Crippen molar-refractivity contribution >= 4 is 23.2 Å². The molecule has 0 aliphatic carbocycles. The van der Waals surface area contributed by atoms with E-state index in [1.165, 1.54) is 0 Å². The number of fused-ring (bicyclic) bond motifs is 1. The minimum Gasteiger partial charge on any atom is -0.493 e. The molecule has 0 saturated heterocycles. The summed E-state index contributed by atoms with van der Waals surface area (Å²) in [7, 11) is 0. The molecule has 0 aromatic heterocycles. The van der Waals surface area contributed by atoms with Crippen molar-refractivity contribution in [3.8, 4) is 5.75 Å². The molecule has 1 N–H and O–H groups in total. The van der Waals surface area contributed by atoms with Crippen LogP contribution in [-0.2, 0) is 6.42 Å². The summed E-state index contributed by atoms with van der Waals surface area (Å²) in [5.41, 5.74) is 2.61. The molecule has 1 aliphatic rings. The lowest BCUT2D eigenvalue weighted by molar-refractivity contribution is 0.219. The van der Waals surface area contributed by atoms with Gasteiger partial charge in [0.1, 0.15) is 11.9 Å². The molecule has 1 atom stereocenters. The average molecular weight is 309 g/mol. The second kappa shape index (κ2) is 5.65. The van der Waals surface area contributed by atoms with E-state index in [4.69, 9.17) is 27.9 Å². The summed E-state index contributed by atoms with van der Waals surface area (Å²) < 4.78 is 5.58. The zero-order valence-electron chi connectivity index (χ0n) is 10.8. The average Bonchev–Trinajstić information content (AvgIpc) is 2.46. The van der Waals surface area contributed by atoms with Crippen LogP contribution in [0.15, 0.2) is 36.4 Å².